The van der Waals surface area contributed by atoms with Crippen LogP contribution in [0.1, 0.15) is 37.3 Å². The topological polar surface area (TPSA) is 86.1 Å². The van der Waals surface area contributed by atoms with E-state index in [0.717, 1.165) is 0 Å². The summed E-state index contributed by atoms with van der Waals surface area (Å²) in [4.78, 5) is 28.8. The highest BCUT2D eigenvalue weighted by molar-refractivity contribution is 7.13. The number of hydrogen-bond donors (Lipinski definition) is 1. The van der Waals surface area contributed by atoms with Gasteiger partial charge in [0.05, 0.1) is 6.20 Å². The van der Waals surface area contributed by atoms with Crippen molar-refractivity contribution in [2.45, 2.75) is 32.9 Å². The van der Waals surface area contributed by atoms with Crippen LogP contribution in [-0.2, 0) is 9.53 Å². The normalized spacial score (nSPS) is 12.0. The van der Waals surface area contributed by atoms with Crippen molar-refractivity contribution < 1.29 is 18.7 Å². The third-order valence-electron chi connectivity index (χ3n) is 3.87. The molecule has 1 amide bonds. The molecule has 2 heterocycles. The van der Waals surface area contributed by atoms with Crippen LogP contribution < -0.4 is 5.32 Å². The molecule has 0 aliphatic carbocycles. The number of halogens is 1. The van der Waals surface area contributed by atoms with E-state index in [1.165, 1.54) is 30.4 Å². The van der Waals surface area contributed by atoms with Crippen LogP contribution in [0.25, 0.3) is 10.6 Å². The predicted molar refractivity (Wildman–Crippen MR) is 104 cm³/mol. The van der Waals surface area contributed by atoms with Crippen molar-refractivity contribution in [3.63, 3.8) is 0 Å². The molecule has 1 atom stereocenters. The van der Waals surface area contributed by atoms with E-state index in [0.29, 0.717) is 16.4 Å². The lowest BCUT2D eigenvalue weighted by Gasteiger charge is -2.15. The molecule has 9 heteroatoms. The zero-order valence-corrected chi connectivity index (χ0v) is 16.4. The molecule has 0 saturated heterocycles. The molecule has 1 N–H and O–H groups in total. The molecule has 0 aliphatic rings. The summed E-state index contributed by atoms with van der Waals surface area (Å²) in [5.74, 6) is -0.997. The second-order valence-electron chi connectivity index (χ2n) is 6.34. The molecule has 7 nitrogen and oxygen atoms in total. The molecular formula is C19H19FN4O3S. The summed E-state index contributed by atoms with van der Waals surface area (Å²) in [7, 11) is 0. The van der Waals surface area contributed by atoms with Crippen LogP contribution in [-0.4, -0.2) is 32.7 Å². The number of benzene rings is 1. The summed E-state index contributed by atoms with van der Waals surface area (Å²) < 4.78 is 19.9. The van der Waals surface area contributed by atoms with Crippen LogP contribution >= 0.6 is 11.3 Å². The summed E-state index contributed by atoms with van der Waals surface area (Å²) in [5, 5.41) is 8.93. The van der Waals surface area contributed by atoms with E-state index in [-0.39, 0.29) is 17.6 Å². The van der Waals surface area contributed by atoms with Crippen LogP contribution in [0.15, 0.2) is 41.9 Å². The third-order valence-corrected chi connectivity index (χ3v) is 4.76. The zero-order chi connectivity index (χ0) is 20.3. The number of rotatable bonds is 6. The van der Waals surface area contributed by atoms with Crippen molar-refractivity contribution in [1.82, 2.24) is 14.8 Å². The summed E-state index contributed by atoms with van der Waals surface area (Å²) in [6.45, 7) is 5.36. The van der Waals surface area contributed by atoms with Gasteiger partial charge in [-0.1, -0.05) is 0 Å². The third kappa shape index (κ3) is 4.42. The van der Waals surface area contributed by atoms with E-state index in [2.05, 4.69) is 15.4 Å². The number of ether oxygens (including phenoxy) is 1. The number of nitrogens with one attached hydrogen (secondary N) is 1. The SMILES string of the molecule is CC(C)n1nccc1NC(=O)[C@@H](C)OC(=O)c1csc(-c2ccc(F)cc2)n1. The first-order valence-corrected chi connectivity index (χ1v) is 9.50. The molecule has 1 aromatic carbocycles. The monoisotopic (exact) mass is 402 g/mol. The molecule has 3 rings (SSSR count). The van der Waals surface area contributed by atoms with Gasteiger partial charge in [0, 0.05) is 23.1 Å². The smallest absolute Gasteiger partial charge is 0.358 e. The Bertz CT molecular complexity index is 981. The maximum absolute atomic E-state index is 13.0. The molecule has 0 bridgehead atoms. The highest BCUT2D eigenvalue weighted by Crippen LogP contribution is 2.24. The maximum atomic E-state index is 13.0. The number of aromatic nitrogens is 3. The van der Waals surface area contributed by atoms with Gasteiger partial charge in [-0.2, -0.15) is 5.10 Å². The number of carbonyl (C=O) groups excluding carboxylic acids is 2. The quantitative estimate of drug-likeness (QED) is 0.632. The second kappa shape index (κ2) is 8.30. The lowest BCUT2D eigenvalue weighted by molar-refractivity contribution is -0.123. The summed E-state index contributed by atoms with van der Waals surface area (Å²) in [6, 6.07) is 7.55. The van der Waals surface area contributed by atoms with E-state index >= 15 is 0 Å². The largest absolute Gasteiger partial charge is 0.448 e. The molecule has 0 aliphatic heterocycles. The second-order valence-corrected chi connectivity index (χ2v) is 7.19. The molecule has 3 aromatic rings. The van der Waals surface area contributed by atoms with Gasteiger partial charge in [-0.25, -0.2) is 18.9 Å². The minimum Gasteiger partial charge on any atom is -0.448 e. The molecule has 0 unspecified atom stereocenters. The number of nitrogens with zero attached hydrogens (tertiary/aromatic N) is 3. The molecule has 0 saturated carbocycles. The minimum atomic E-state index is -1.01. The van der Waals surface area contributed by atoms with Gasteiger partial charge < -0.3 is 10.1 Å². The number of anilines is 1. The maximum Gasteiger partial charge on any atom is 0.358 e. The van der Waals surface area contributed by atoms with Gasteiger partial charge >= 0.3 is 5.97 Å². The molecule has 146 valence electrons. The minimum absolute atomic E-state index is 0.0723. The Morgan fingerprint density at radius 3 is 2.57 bits per heavy atom. The predicted octanol–water partition coefficient (Wildman–Crippen LogP) is 3.91. The van der Waals surface area contributed by atoms with Gasteiger partial charge in [0.25, 0.3) is 5.91 Å². The molecule has 28 heavy (non-hydrogen) atoms. The number of thiazole rings is 1. The number of hydrogen-bond acceptors (Lipinski definition) is 6. The Labute approximate surface area is 165 Å². The van der Waals surface area contributed by atoms with Crippen molar-refractivity contribution in [2.75, 3.05) is 5.32 Å². The van der Waals surface area contributed by atoms with E-state index in [4.69, 9.17) is 4.74 Å². The van der Waals surface area contributed by atoms with E-state index < -0.39 is 18.0 Å². The fraction of sp³-hybridized carbons (Fsp3) is 0.263. The van der Waals surface area contributed by atoms with E-state index in [9.17, 15) is 14.0 Å². The fourth-order valence-corrected chi connectivity index (χ4v) is 3.22. The first kappa shape index (κ1) is 19.7. The van der Waals surface area contributed by atoms with Crippen LogP contribution in [0.4, 0.5) is 10.2 Å². The Morgan fingerprint density at radius 1 is 1.18 bits per heavy atom. The average molecular weight is 402 g/mol. The lowest BCUT2D eigenvalue weighted by Crippen LogP contribution is -2.31. The van der Waals surface area contributed by atoms with Gasteiger partial charge in [0.2, 0.25) is 0 Å². The van der Waals surface area contributed by atoms with Gasteiger partial charge in [0.15, 0.2) is 11.8 Å². The first-order valence-electron chi connectivity index (χ1n) is 8.62. The standard InChI is InChI=1S/C19H19FN4O3S/c1-11(2)24-16(8-9-21-24)23-17(25)12(3)27-19(26)15-10-28-18(22-15)13-4-6-14(20)7-5-13/h4-12H,1-3H3,(H,23,25)/t12-/m1/s1. The van der Waals surface area contributed by atoms with Crippen molar-refractivity contribution in [1.29, 1.82) is 0 Å². The van der Waals surface area contributed by atoms with Crippen molar-refractivity contribution in [3.8, 4) is 10.6 Å². The molecule has 0 fully saturated rings. The van der Waals surface area contributed by atoms with Gasteiger partial charge in [0.1, 0.15) is 16.6 Å². The number of amides is 1. The first-order chi connectivity index (χ1) is 13.3. The Kier molecular flexibility index (Phi) is 5.84. The van der Waals surface area contributed by atoms with Crippen LogP contribution in [0.2, 0.25) is 0 Å². The van der Waals surface area contributed by atoms with Crippen molar-refractivity contribution in [3.05, 3.63) is 53.4 Å². The molecular weight excluding hydrogens is 383 g/mol. The van der Waals surface area contributed by atoms with Gasteiger partial charge in [-0.15, -0.1) is 11.3 Å². The van der Waals surface area contributed by atoms with Crippen LogP contribution in [0.3, 0.4) is 0 Å². The molecule has 2 aromatic heterocycles. The highest BCUT2D eigenvalue weighted by atomic mass is 32.1. The Hall–Kier alpha value is -3.07. The summed E-state index contributed by atoms with van der Waals surface area (Å²) in [6.07, 6.45) is 0.567. The average Bonchev–Trinajstić information content (AvgIpc) is 3.31. The fourth-order valence-electron chi connectivity index (χ4n) is 2.42. The zero-order valence-electron chi connectivity index (χ0n) is 15.5. The summed E-state index contributed by atoms with van der Waals surface area (Å²) >= 11 is 1.23. The number of carbonyl (C=O) groups is 2. The molecule has 0 spiro atoms. The van der Waals surface area contributed by atoms with Gasteiger partial charge in [-0.3, -0.25) is 4.79 Å². The van der Waals surface area contributed by atoms with Crippen molar-refractivity contribution >= 4 is 29.0 Å². The van der Waals surface area contributed by atoms with Gasteiger partial charge in [-0.05, 0) is 45.0 Å². The van der Waals surface area contributed by atoms with E-state index in [1.54, 1.807) is 34.5 Å². The summed E-state index contributed by atoms with van der Waals surface area (Å²) in [5.41, 5.74) is 0.786. The Morgan fingerprint density at radius 2 is 1.89 bits per heavy atom. The lowest BCUT2D eigenvalue weighted by atomic mass is 10.2. The van der Waals surface area contributed by atoms with Crippen LogP contribution in [0, 0.1) is 5.82 Å². The van der Waals surface area contributed by atoms with Crippen molar-refractivity contribution in [2.24, 2.45) is 0 Å². The Balaban J connectivity index is 1.63. The van der Waals surface area contributed by atoms with E-state index in [1.807, 2.05) is 13.8 Å². The van der Waals surface area contributed by atoms with Crippen LogP contribution in [0.5, 0.6) is 0 Å². The highest BCUT2D eigenvalue weighted by Gasteiger charge is 2.22. The number of esters is 1. The molecule has 0 radical (unpaired) electrons.